The van der Waals surface area contributed by atoms with Crippen molar-refractivity contribution in [3.05, 3.63) is 97.2 Å². The van der Waals surface area contributed by atoms with Gasteiger partial charge in [-0.1, -0.05) is 201 Å². The van der Waals surface area contributed by atoms with Gasteiger partial charge in [-0.25, -0.2) is 0 Å². The van der Waals surface area contributed by atoms with Crippen molar-refractivity contribution in [2.24, 2.45) is 0 Å². The lowest BCUT2D eigenvalue weighted by Crippen LogP contribution is -2.30. The number of rotatable bonds is 45. The molecule has 6 heteroatoms. The zero-order valence-corrected chi connectivity index (χ0v) is 40.8. The molecule has 1 atom stereocenters. The van der Waals surface area contributed by atoms with Crippen LogP contribution in [0.3, 0.4) is 0 Å². The van der Waals surface area contributed by atoms with Gasteiger partial charge < -0.3 is 14.2 Å². The van der Waals surface area contributed by atoms with E-state index in [1.54, 1.807) is 0 Å². The maximum atomic E-state index is 12.8. The summed E-state index contributed by atoms with van der Waals surface area (Å²) in [7, 11) is 0. The highest BCUT2D eigenvalue weighted by atomic mass is 16.6. The Morgan fingerprint density at radius 2 is 0.651 bits per heavy atom. The van der Waals surface area contributed by atoms with Crippen molar-refractivity contribution < 1.29 is 28.6 Å². The Kier molecular flexibility index (Phi) is 48.0. The van der Waals surface area contributed by atoms with E-state index >= 15 is 0 Å². The van der Waals surface area contributed by atoms with Crippen LogP contribution in [0.2, 0.25) is 0 Å². The molecule has 0 aliphatic carbocycles. The predicted octanol–water partition coefficient (Wildman–Crippen LogP) is 17.0. The summed E-state index contributed by atoms with van der Waals surface area (Å²) in [6.07, 6.45) is 66.9. The maximum Gasteiger partial charge on any atom is 0.306 e. The van der Waals surface area contributed by atoms with Crippen LogP contribution in [0.25, 0.3) is 0 Å². The molecule has 0 aliphatic heterocycles. The lowest BCUT2D eigenvalue weighted by molar-refractivity contribution is -0.167. The van der Waals surface area contributed by atoms with Crippen LogP contribution in [0.1, 0.15) is 226 Å². The molecule has 0 N–H and O–H groups in total. The minimum Gasteiger partial charge on any atom is -0.462 e. The number of ether oxygens (including phenoxy) is 3. The van der Waals surface area contributed by atoms with E-state index in [0.717, 1.165) is 70.6 Å². The summed E-state index contributed by atoms with van der Waals surface area (Å²) in [6, 6.07) is 0. The molecule has 63 heavy (non-hydrogen) atoms. The number of hydrogen-bond donors (Lipinski definition) is 0. The van der Waals surface area contributed by atoms with Crippen molar-refractivity contribution in [1.82, 2.24) is 0 Å². The normalized spacial score (nSPS) is 12.9. The van der Waals surface area contributed by atoms with E-state index in [0.29, 0.717) is 19.3 Å². The molecule has 0 saturated heterocycles. The van der Waals surface area contributed by atoms with Crippen molar-refractivity contribution in [2.45, 2.75) is 232 Å². The molecule has 0 rings (SSSR count). The fourth-order valence-electron chi connectivity index (χ4n) is 6.63. The average Bonchev–Trinajstić information content (AvgIpc) is 3.28. The van der Waals surface area contributed by atoms with Crippen molar-refractivity contribution in [3.8, 4) is 0 Å². The Bertz CT molecular complexity index is 1280. The second kappa shape index (κ2) is 51.0. The van der Waals surface area contributed by atoms with Crippen LogP contribution in [0.5, 0.6) is 0 Å². The van der Waals surface area contributed by atoms with Crippen LogP contribution in [0, 0.1) is 0 Å². The molecule has 0 aromatic heterocycles. The third-order valence-corrected chi connectivity index (χ3v) is 10.6. The van der Waals surface area contributed by atoms with Crippen LogP contribution in [0.15, 0.2) is 97.2 Å². The molecular formula is C57H94O6. The number of unbranched alkanes of at least 4 members (excludes halogenated alkanes) is 19. The molecule has 0 bridgehead atoms. The summed E-state index contributed by atoms with van der Waals surface area (Å²) < 4.78 is 16.6. The molecule has 0 aromatic rings. The molecule has 0 amide bonds. The lowest BCUT2D eigenvalue weighted by atomic mass is 10.1. The van der Waals surface area contributed by atoms with Crippen molar-refractivity contribution in [1.29, 1.82) is 0 Å². The highest BCUT2D eigenvalue weighted by Crippen LogP contribution is 2.11. The largest absolute Gasteiger partial charge is 0.462 e. The molecular weight excluding hydrogens is 781 g/mol. The second-order valence-electron chi connectivity index (χ2n) is 16.7. The summed E-state index contributed by atoms with van der Waals surface area (Å²) in [5.74, 6) is -1.07. The van der Waals surface area contributed by atoms with Crippen LogP contribution < -0.4 is 0 Å². The van der Waals surface area contributed by atoms with E-state index in [-0.39, 0.29) is 44.0 Å². The monoisotopic (exact) mass is 875 g/mol. The minimum atomic E-state index is -0.835. The Hall–Kier alpha value is -3.67. The number of hydrogen-bond acceptors (Lipinski definition) is 6. The molecule has 0 spiro atoms. The molecule has 0 aliphatic rings. The maximum absolute atomic E-state index is 12.8. The summed E-state index contributed by atoms with van der Waals surface area (Å²) >= 11 is 0. The highest BCUT2D eigenvalue weighted by Gasteiger charge is 2.19. The van der Waals surface area contributed by atoms with Gasteiger partial charge in [-0.05, 0) is 103 Å². The summed E-state index contributed by atoms with van der Waals surface area (Å²) in [4.78, 5) is 37.9. The Labute approximate surface area is 387 Å². The molecule has 0 radical (unpaired) electrons. The predicted molar refractivity (Wildman–Crippen MR) is 270 cm³/mol. The quantitative estimate of drug-likeness (QED) is 0.0199. The van der Waals surface area contributed by atoms with Gasteiger partial charge in [-0.3, -0.25) is 14.4 Å². The number of allylic oxidation sites excluding steroid dienone is 16. The van der Waals surface area contributed by atoms with Crippen molar-refractivity contribution in [3.63, 3.8) is 0 Å². The Morgan fingerprint density at radius 1 is 0.333 bits per heavy atom. The van der Waals surface area contributed by atoms with E-state index in [1.165, 1.54) is 103 Å². The molecule has 358 valence electrons. The van der Waals surface area contributed by atoms with E-state index in [9.17, 15) is 14.4 Å². The number of esters is 3. The number of carbonyl (C=O) groups is 3. The first kappa shape index (κ1) is 59.3. The first-order chi connectivity index (χ1) is 31.0. The smallest absolute Gasteiger partial charge is 0.306 e. The standard InChI is InChI=1S/C57H94O6/c1-4-7-10-13-16-19-22-24-26-28-30-32-35-38-41-44-47-50-56(59)62-53-54(52-61-55(58)49-46-43-40-37-34-21-18-15-12-9-6-3)63-57(60)51-48-45-42-39-36-33-31-29-27-25-23-20-17-14-11-8-5-2/h15,18,21,24-27,30-34,38-39,41-42,54H,4-14,16-17,19-20,22-23,28-29,35-37,40,43-53H2,1-3H3/b18-15-,26-24-,27-25-,32-30-,33-31-,34-21-,41-38-,42-39-. The van der Waals surface area contributed by atoms with Crippen LogP contribution in [0.4, 0.5) is 0 Å². The van der Waals surface area contributed by atoms with E-state index in [2.05, 4.69) is 118 Å². The molecule has 0 heterocycles. The molecule has 0 saturated carbocycles. The zero-order valence-electron chi connectivity index (χ0n) is 40.8. The van der Waals surface area contributed by atoms with Crippen LogP contribution >= 0.6 is 0 Å². The van der Waals surface area contributed by atoms with Gasteiger partial charge in [0.15, 0.2) is 6.10 Å². The first-order valence-corrected chi connectivity index (χ1v) is 25.8. The van der Waals surface area contributed by atoms with Gasteiger partial charge >= 0.3 is 17.9 Å². The van der Waals surface area contributed by atoms with Gasteiger partial charge in [-0.2, -0.15) is 0 Å². The Balaban J connectivity index is 4.56. The highest BCUT2D eigenvalue weighted by molar-refractivity contribution is 5.71. The second-order valence-corrected chi connectivity index (χ2v) is 16.7. The van der Waals surface area contributed by atoms with Crippen LogP contribution in [-0.4, -0.2) is 37.2 Å². The van der Waals surface area contributed by atoms with Gasteiger partial charge in [0.2, 0.25) is 0 Å². The minimum absolute atomic E-state index is 0.128. The fourth-order valence-corrected chi connectivity index (χ4v) is 6.63. The summed E-state index contributed by atoms with van der Waals surface area (Å²) in [5.41, 5.74) is 0. The first-order valence-electron chi connectivity index (χ1n) is 25.8. The third kappa shape index (κ3) is 49.2. The van der Waals surface area contributed by atoms with Gasteiger partial charge in [0.05, 0.1) is 0 Å². The average molecular weight is 875 g/mol. The summed E-state index contributed by atoms with van der Waals surface area (Å²) in [6.45, 7) is 6.45. The van der Waals surface area contributed by atoms with E-state index in [4.69, 9.17) is 14.2 Å². The fraction of sp³-hybridized carbons (Fsp3) is 0.667. The van der Waals surface area contributed by atoms with Crippen molar-refractivity contribution in [2.75, 3.05) is 13.2 Å². The molecule has 6 nitrogen and oxygen atoms in total. The van der Waals surface area contributed by atoms with E-state index < -0.39 is 6.10 Å². The molecule has 0 aromatic carbocycles. The number of carbonyl (C=O) groups excluding carboxylic acids is 3. The Morgan fingerprint density at radius 3 is 1.10 bits per heavy atom. The van der Waals surface area contributed by atoms with Crippen LogP contribution in [-0.2, 0) is 28.6 Å². The zero-order chi connectivity index (χ0) is 45.8. The van der Waals surface area contributed by atoms with Crippen molar-refractivity contribution >= 4 is 17.9 Å². The third-order valence-electron chi connectivity index (χ3n) is 10.6. The summed E-state index contributed by atoms with van der Waals surface area (Å²) in [5, 5.41) is 0. The molecule has 0 fully saturated rings. The topological polar surface area (TPSA) is 78.9 Å². The molecule has 1 unspecified atom stereocenters. The lowest BCUT2D eigenvalue weighted by Gasteiger charge is -2.18. The van der Waals surface area contributed by atoms with Gasteiger partial charge in [0.1, 0.15) is 13.2 Å². The van der Waals surface area contributed by atoms with E-state index in [1.807, 2.05) is 0 Å². The van der Waals surface area contributed by atoms with Gasteiger partial charge in [0, 0.05) is 19.3 Å². The van der Waals surface area contributed by atoms with Gasteiger partial charge in [0.25, 0.3) is 0 Å². The SMILES string of the molecule is CCCC/C=C\C=C/CCCCCC(=O)OCC(COC(=O)CCC/C=C\C/C=C\C/C=C\CCCCCCCC)OC(=O)CCC/C=C\C/C=C\C/C=C\CCCCCCCC. The van der Waals surface area contributed by atoms with Gasteiger partial charge in [-0.15, -0.1) is 0 Å².